The second kappa shape index (κ2) is 4.55. The highest BCUT2D eigenvalue weighted by molar-refractivity contribution is 5.98. The van der Waals surface area contributed by atoms with Crippen LogP contribution in [0.3, 0.4) is 0 Å². The van der Waals surface area contributed by atoms with Gasteiger partial charge in [0.05, 0.1) is 16.1 Å². The molecule has 0 heterocycles. The SMILES string of the molecule is CC(=O)c1cc([N+](=O)[O-])c(C=O)cc1C(F)(F)F. The first-order chi connectivity index (χ1) is 8.18. The Morgan fingerprint density at radius 1 is 1.39 bits per heavy atom. The fourth-order valence-corrected chi connectivity index (χ4v) is 1.38. The van der Waals surface area contributed by atoms with Gasteiger partial charge in [-0.25, -0.2) is 0 Å². The van der Waals surface area contributed by atoms with Gasteiger partial charge in [0, 0.05) is 11.6 Å². The summed E-state index contributed by atoms with van der Waals surface area (Å²) in [6.45, 7) is 0.856. The molecule has 96 valence electrons. The van der Waals surface area contributed by atoms with Crippen molar-refractivity contribution in [3.05, 3.63) is 38.9 Å². The highest BCUT2D eigenvalue weighted by atomic mass is 19.4. The molecule has 0 spiro atoms. The molecule has 0 unspecified atom stereocenters. The lowest BCUT2D eigenvalue weighted by atomic mass is 9.99. The Bertz CT molecular complexity index is 537. The molecule has 0 saturated heterocycles. The number of rotatable bonds is 3. The Morgan fingerprint density at radius 3 is 2.28 bits per heavy atom. The van der Waals surface area contributed by atoms with E-state index >= 15 is 0 Å². The molecule has 0 fully saturated rings. The van der Waals surface area contributed by atoms with E-state index in [1.807, 2.05) is 0 Å². The maximum Gasteiger partial charge on any atom is 0.417 e. The van der Waals surface area contributed by atoms with Crippen LogP contribution in [0.2, 0.25) is 0 Å². The van der Waals surface area contributed by atoms with E-state index in [9.17, 15) is 32.9 Å². The summed E-state index contributed by atoms with van der Waals surface area (Å²) in [5.74, 6) is -0.970. The molecule has 0 N–H and O–H groups in total. The van der Waals surface area contributed by atoms with Gasteiger partial charge in [-0.05, 0) is 13.0 Å². The predicted octanol–water partition coefficient (Wildman–Crippen LogP) is 2.63. The molecule has 1 aromatic rings. The topological polar surface area (TPSA) is 77.3 Å². The number of hydrogen-bond donors (Lipinski definition) is 0. The second-order valence-corrected chi connectivity index (χ2v) is 3.39. The summed E-state index contributed by atoms with van der Waals surface area (Å²) >= 11 is 0. The molecule has 5 nitrogen and oxygen atoms in total. The number of benzene rings is 1. The minimum absolute atomic E-state index is 0.0582. The van der Waals surface area contributed by atoms with E-state index in [-0.39, 0.29) is 6.29 Å². The van der Waals surface area contributed by atoms with Gasteiger partial charge in [0.1, 0.15) is 0 Å². The molecule has 0 aliphatic carbocycles. The first-order valence-corrected chi connectivity index (χ1v) is 4.54. The molecule has 0 bridgehead atoms. The number of Topliss-reactive ketones (excluding diaryl/α,β-unsaturated/α-hetero) is 1. The number of ketones is 1. The van der Waals surface area contributed by atoms with E-state index in [0.29, 0.717) is 12.1 Å². The highest BCUT2D eigenvalue weighted by Crippen LogP contribution is 2.35. The van der Waals surface area contributed by atoms with Crippen LogP contribution >= 0.6 is 0 Å². The van der Waals surface area contributed by atoms with Crippen molar-refractivity contribution in [1.29, 1.82) is 0 Å². The molecule has 0 saturated carbocycles. The molecule has 8 heteroatoms. The summed E-state index contributed by atoms with van der Waals surface area (Å²) in [4.78, 5) is 31.2. The summed E-state index contributed by atoms with van der Waals surface area (Å²) in [7, 11) is 0. The van der Waals surface area contributed by atoms with Gasteiger partial charge in [-0.15, -0.1) is 0 Å². The number of hydrogen-bond acceptors (Lipinski definition) is 4. The lowest BCUT2D eigenvalue weighted by molar-refractivity contribution is -0.385. The smallest absolute Gasteiger partial charge is 0.298 e. The Kier molecular flexibility index (Phi) is 3.49. The minimum Gasteiger partial charge on any atom is -0.298 e. The Balaban J connectivity index is 3.68. The molecule has 0 aliphatic heterocycles. The normalized spacial score (nSPS) is 11.1. The van der Waals surface area contributed by atoms with Gasteiger partial charge < -0.3 is 0 Å². The third-order valence-corrected chi connectivity index (χ3v) is 2.18. The van der Waals surface area contributed by atoms with Crippen molar-refractivity contribution in [2.45, 2.75) is 13.1 Å². The van der Waals surface area contributed by atoms with Crippen molar-refractivity contribution in [2.75, 3.05) is 0 Å². The first-order valence-electron chi connectivity index (χ1n) is 4.54. The van der Waals surface area contributed by atoms with E-state index < -0.39 is 39.3 Å². The molecule has 0 aromatic heterocycles. The third-order valence-electron chi connectivity index (χ3n) is 2.18. The van der Waals surface area contributed by atoms with Crippen LogP contribution in [0.25, 0.3) is 0 Å². The Hall–Kier alpha value is -2.25. The van der Waals surface area contributed by atoms with Crippen LogP contribution in [0.5, 0.6) is 0 Å². The standard InChI is InChI=1S/C10H6F3NO4/c1-5(16)7-3-9(14(17)18)6(4-15)2-8(7)10(11,12)13/h2-4H,1H3. The molecule has 18 heavy (non-hydrogen) atoms. The van der Waals surface area contributed by atoms with Crippen molar-refractivity contribution in [1.82, 2.24) is 0 Å². The molecule has 1 aromatic carbocycles. The number of carbonyl (C=O) groups excluding carboxylic acids is 2. The van der Waals surface area contributed by atoms with Crippen molar-refractivity contribution in [2.24, 2.45) is 0 Å². The summed E-state index contributed by atoms with van der Waals surface area (Å²) in [6.07, 6.45) is -4.93. The third kappa shape index (κ3) is 2.53. The molecule has 0 atom stereocenters. The maximum atomic E-state index is 12.6. The fourth-order valence-electron chi connectivity index (χ4n) is 1.38. The zero-order valence-electron chi connectivity index (χ0n) is 8.95. The number of alkyl halides is 3. The fraction of sp³-hybridized carbons (Fsp3) is 0.200. The van der Waals surface area contributed by atoms with E-state index in [1.165, 1.54) is 0 Å². The minimum atomic E-state index is -4.87. The van der Waals surface area contributed by atoms with Gasteiger partial charge in [-0.1, -0.05) is 0 Å². The van der Waals surface area contributed by atoms with Crippen molar-refractivity contribution in [3.8, 4) is 0 Å². The van der Waals surface area contributed by atoms with E-state index in [0.717, 1.165) is 6.92 Å². The van der Waals surface area contributed by atoms with Crippen molar-refractivity contribution < 1.29 is 27.7 Å². The van der Waals surface area contributed by atoms with Crippen LogP contribution in [-0.4, -0.2) is 17.0 Å². The molecule has 0 radical (unpaired) electrons. The van der Waals surface area contributed by atoms with Crippen molar-refractivity contribution in [3.63, 3.8) is 0 Å². The number of nitro groups is 1. The Labute approximate surface area is 98.4 Å². The molecular weight excluding hydrogens is 255 g/mol. The second-order valence-electron chi connectivity index (χ2n) is 3.39. The zero-order valence-corrected chi connectivity index (χ0v) is 8.95. The van der Waals surface area contributed by atoms with Gasteiger partial charge >= 0.3 is 6.18 Å². The lowest BCUT2D eigenvalue weighted by Crippen LogP contribution is -2.13. The van der Waals surface area contributed by atoms with E-state index in [1.54, 1.807) is 0 Å². The lowest BCUT2D eigenvalue weighted by Gasteiger charge is -2.11. The van der Waals surface area contributed by atoms with E-state index in [4.69, 9.17) is 0 Å². The number of halogens is 3. The predicted molar refractivity (Wildman–Crippen MR) is 53.5 cm³/mol. The summed E-state index contributed by atoms with van der Waals surface area (Å²) in [6, 6.07) is 0.775. The van der Waals surface area contributed by atoms with Gasteiger partial charge in [-0.3, -0.25) is 19.7 Å². The number of carbonyl (C=O) groups is 2. The highest BCUT2D eigenvalue weighted by Gasteiger charge is 2.36. The van der Waals surface area contributed by atoms with E-state index in [2.05, 4.69) is 0 Å². The van der Waals surface area contributed by atoms with Gasteiger partial charge in [0.15, 0.2) is 12.1 Å². The van der Waals surface area contributed by atoms with Crippen LogP contribution < -0.4 is 0 Å². The molecule has 0 amide bonds. The Morgan fingerprint density at radius 2 is 1.94 bits per heavy atom. The number of nitro benzene ring substituents is 1. The van der Waals surface area contributed by atoms with Crippen LogP contribution in [0.1, 0.15) is 33.2 Å². The quantitative estimate of drug-likeness (QED) is 0.362. The average Bonchev–Trinajstić information content (AvgIpc) is 2.25. The van der Waals surface area contributed by atoms with Crippen LogP contribution in [-0.2, 0) is 6.18 Å². The largest absolute Gasteiger partial charge is 0.417 e. The van der Waals surface area contributed by atoms with Crippen LogP contribution in [0.4, 0.5) is 18.9 Å². The average molecular weight is 261 g/mol. The maximum absolute atomic E-state index is 12.6. The van der Waals surface area contributed by atoms with Crippen molar-refractivity contribution >= 4 is 17.8 Å². The zero-order chi connectivity index (χ0) is 14.1. The molecule has 1 rings (SSSR count). The molecule has 0 aliphatic rings. The summed E-state index contributed by atoms with van der Waals surface area (Å²) in [5, 5.41) is 10.6. The summed E-state index contributed by atoms with van der Waals surface area (Å²) in [5.41, 5.74) is -3.75. The van der Waals surface area contributed by atoms with Crippen LogP contribution in [0, 0.1) is 10.1 Å². The summed E-state index contributed by atoms with van der Waals surface area (Å²) < 4.78 is 37.9. The monoisotopic (exact) mass is 261 g/mol. The number of aldehydes is 1. The van der Waals surface area contributed by atoms with Gasteiger partial charge in [0.2, 0.25) is 0 Å². The number of nitrogens with zero attached hydrogens (tertiary/aromatic N) is 1. The molecular formula is C10H6F3NO4. The van der Waals surface area contributed by atoms with Crippen LogP contribution in [0.15, 0.2) is 12.1 Å². The van der Waals surface area contributed by atoms with Gasteiger partial charge in [0.25, 0.3) is 5.69 Å². The van der Waals surface area contributed by atoms with Gasteiger partial charge in [-0.2, -0.15) is 13.2 Å². The first kappa shape index (κ1) is 13.8.